The van der Waals surface area contributed by atoms with Crippen molar-refractivity contribution in [2.75, 3.05) is 0 Å². The zero-order chi connectivity index (χ0) is 5.15. The molecule has 0 unspecified atom stereocenters. The van der Waals surface area contributed by atoms with Gasteiger partial charge in [-0.2, -0.15) is 0 Å². The van der Waals surface area contributed by atoms with E-state index in [2.05, 4.69) is 0 Å². The molecule has 0 radical (unpaired) electrons. The third kappa shape index (κ3) is 5.95. The summed E-state index contributed by atoms with van der Waals surface area (Å²) in [7, 11) is 0. The van der Waals surface area contributed by atoms with E-state index in [1.165, 1.54) is 0 Å². The summed E-state index contributed by atoms with van der Waals surface area (Å²) in [4.78, 5) is 9.70. The number of carboxylic acids is 1. The van der Waals surface area contributed by atoms with Crippen LogP contribution in [-0.4, -0.2) is 11.1 Å². The zero-order valence-corrected chi connectivity index (χ0v) is 5.90. The minimum Gasteiger partial charge on any atom is -1.00 e. The van der Waals surface area contributed by atoms with Crippen molar-refractivity contribution in [1.29, 1.82) is 0 Å². The highest BCUT2D eigenvalue weighted by molar-refractivity contribution is 5.68. The molecule has 1 N–H and O–H groups in total. The summed E-state index contributed by atoms with van der Waals surface area (Å²) in [6.45, 7) is 3.28. The Bertz CT molecular complexity index is 65.1. The van der Waals surface area contributed by atoms with E-state index >= 15 is 0 Å². The Morgan fingerprint density at radius 1 is 1.71 bits per heavy atom. The van der Waals surface area contributed by atoms with E-state index in [0.717, 1.165) is 0 Å². The van der Waals surface area contributed by atoms with Crippen molar-refractivity contribution in [3.05, 3.63) is 0 Å². The van der Waals surface area contributed by atoms with Crippen molar-refractivity contribution in [2.24, 2.45) is 5.92 Å². The van der Waals surface area contributed by atoms with Crippen LogP contribution < -0.4 is 17.0 Å². The Morgan fingerprint density at radius 2 is 1.86 bits per heavy atom. The Kier molecular flexibility index (Phi) is 5.91. The summed E-state index contributed by atoms with van der Waals surface area (Å²) in [5.74, 6) is -0.972. The van der Waals surface area contributed by atoms with Crippen LogP contribution in [0.3, 0.4) is 0 Å². The standard InChI is InChI=1S/C4H8O2.BrH/c1-3(2)4(5)6;/h3H,1-2H3,(H,5,6);1H. The molecule has 0 aromatic carbocycles. The van der Waals surface area contributed by atoms with Crippen LogP contribution in [0.1, 0.15) is 15.3 Å². The molecule has 0 rings (SSSR count). The Labute approximate surface area is 54.8 Å². The van der Waals surface area contributed by atoms with Crippen molar-refractivity contribution in [3.63, 3.8) is 0 Å². The average Bonchev–Trinajstić information content (AvgIpc) is 1.36. The molecule has 0 atom stereocenters. The normalized spacial score (nSPS) is 7.86. The second kappa shape index (κ2) is 4.12. The highest BCUT2D eigenvalue weighted by Gasteiger charge is 1.99. The van der Waals surface area contributed by atoms with Crippen molar-refractivity contribution in [2.45, 2.75) is 13.8 Å². The molecule has 0 fully saturated rings. The molecule has 0 spiro atoms. The van der Waals surface area contributed by atoms with E-state index in [1.54, 1.807) is 13.8 Å². The van der Waals surface area contributed by atoms with Gasteiger partial charge in [0.15, 0.2) is 0 Å². The predicted octanol–water partition coefficient (Wildman–Crippen LogP) is -2.16. The van der Waals surface area contributed by atoms with E-state index in [4.69, 9.17) is 5.11 Å². The summed E-state index contributed by atoms with van der Waals surface area (Å²) in [5, 5.41) is 7.99. The zero-order valence-electron chi connectivity index (χ0n) is 5.31. The van der Waals surface area contributed by atoms with Gasteiger partial charge in [0.1, 0.15) is 0 Å². The molecule has 0 saturated carbocycles. The van der Waals surface area contributed by atoms with Gasteiger partial charge in [-0.05, 0) is 0 Å². The third-order valence-electron chi connectivity index (χ3n) is 0.494. The lowest BCUT2D eigenvalue weighted by atomic mass is 10.2. The van der Waals surface area contributed by atoms with Crippen LogP contribution >= 0.6 is 0 Å². The minimum atomic E-state index is -0.741. The van der Waals surface area contributed by atoms with Gasteiger partial charge >= 0.3 is 7.40 Å². The average molecular weight is 169 g/mol. The smallest absolute Gasteiger partial charge is 1.00 e. The molecule has 0 aliphatic carbocycles. The topological polar surface area (TPSA) is 37.3 Å². The first-order valence-corrected chi connectivity index (χ1v) is 1.87. The fourth-order valence-electron chi connectivity index (χ4n) is 0. The monoisotopic (exact) mass is 168 g/mol. The summed E-state index contributed by atoms with van der Waals surface area (Å²) >= 11 is 0. The molecular weight excluding hydrogens is 160 g/mol. The molecule has 0 amide bonds. The number of aliphatic carboxylic acids is 1. The van der Waals surface area contributed by atoms with Crippen LogP contribution in [-0.2, 0) is 4.79 Å². The van der Waals surface area contributed by atoms with Crippen LogP contribution in [0.4, 0.5) is 0 Å². The largest absolute Gasteiger partial charge is 1.00 e. The Hall–Kier alpha value is -0.0500. The molecule has 0 aliphatic heterocycles. The predicted molar refractivity (Wildman–Crippen MR) is 23.6 cm³/mol. The van der Waals surface area contributed by atoms with Gasteiger partial charge in [0.25, 0.3) is 0 Å². The Balaban J connectivity index is -0.000000125. The molecule has 0 aliphatic rings. The maximum atomic E-state index is 9.70. The van der Waals surface area contributed by atoms with Gasteiger partial charge in [0.2, 0.25) is 0 Å². The molecule has 0 aromatic heterocycles. The lowest BCUT2D eigenvalue weighted by Gasteiger charge is -1.89. The Morgan fingerprint density at radius 3 is 1.86 bits per heavy atom. The summed E-state index contributed by atoms with van der Waals surface area (Å²) in [6, 6.07) is 0. The van der Waals surface area contributed by atoms with Gasteiger partial charge in [0, 0.05) is 0 Å². The first-order chi connectivity index (χ1) is 2.64. The molecule has 0 bridgehead atoms. The van der Waals surface area contributed by atoms with Crippen LogP contribution in [0.15, 0.2) is 0 Å². The molecule has 44 valence electrons. The van der Waals surface area contributed by atoms with Crippen LogP contribution in [0.2, 0.25) is 0 Å². The second-order valence-electron chi connectivity index (χ2n) is 1.49. The van der Waals surface area contributed by atoms with Crippen LogP contribution in [0.25, 0.3) is 0 Å². The highest BCUT2D eigenvalue weighted by Crippen LogP contribution is 1.87. The van der Waals surface area contributed by atoms with Gasteiger partial charge in [-0.3, -0.25) is 4.79 Å². The second-order valence-corrected chi connectivity index (χ2v) is 1.49. The van der Waals surface area contributed by atoms with Crippen molar-refractivity contribution in [3.8, 4) is 0 Å². The molecule has 7 heavy (non-hydrogen) atoms. The molecular formula is C4H9BrO2. The van der Waals surface area contributed by atoms with E-state index < -0.39 is 5.97 Å². The lowest BCUT2D eigenvalue weighted by Crippen LogP contribution is -3.00. The first kappa shape index (κ1) is 10.0. The maximum Gasteiger partial charge on any atom is 1.00 e. The number of carbonyl (C=O) groups is 1. The quantitative estimate of drug-likeness (QED) is 0.485. The molecule has 0 saturated heterocycles. The fourth-order valence-corrected chi connectivity index (χ4v) is 0. The van der Waals surface area contributed by atoms with Gasteiger partial charge in [-0.15, -0.1) is 0 Å². The first-order valence-electron chi connectivity index (χ1n) is 1.87. The van der Waals surface area contributed by atoms with E-state index in [0.29, 0.717) is 0 Å². The fraction of sp³-hybridized carbons (Fsp3) is 0.750. The van der Waals surface area contributed by atoms with Gasteiger partial charge in [-0.1, -0.05) is 13.8 Å². The highest BCUT2D eigenvalue weighted by atomic mass is 79.9. The number of hydrogen-bond acceptors (Lipinski definition) is 1. The van der Waals surface area contributed by atoms with E-state index in [1.807, 2.05) is 0 Å². The lowest BCUT2D eigenvalue weighted by molar-refractivity contribution is -0.140. The third-order valence-corrected chi connectivity index (χ3v) is 0.494. The maximum absolute atomic E-state index is 9.70. The van der Waals surface area contributed by atoms with Crippen molar-refractivity contribution < 1.29 is 28.3 Å². The van der Waals surface area contributed by atoms with Crippen LogP contribution in [0.5, 0.6) is 0 Å². The van der Waals surface area contributed by atoms with E-state index in [9.17, 15) is 4.79 Å². The number of carboxylic acid groups (broad SMARTS) is 1. The van der Waals surface area contributed by atoms with Gasteiger partial charge < -0.3 is 22.1 Å². The van der Waals surface area contributed by atoms with Gasteiger partial charge in [0.05, 0.1) is 5.92 Å². The minimum absolute atomic E-state index is 0. The summed E-state index contributed by atoms with van der Waals surface area (Å²) in [6.07, 6.45) is 0. The number of hydrogen-bond donors (Lipinski definition) is 1. The number of halogens is 1. The van der Waals surface area contributed by atoms with E-state index in [-0.39, 0.29) is 24.3 Å². The summed E-state index contributed by atoms with van der Waals surface area (Å²) in [5.41, 5.74) is 0. The van der Waals surface area contributed by atoms with Crippen molar-refractivity contribution >= 4 is 5.97 Å². The molecule has 0 heterocycles. The van der Waals surface area contributed by atoms with Crippen LogP contribution in [0, 0.1) is 5.92 Å². The summed E-state index contributed by atoms with van der Waals surface area (Å²) < 4.78 is 0. The number of rotatable bonds is 1. The SMILES string of the molecule is CC(C)C(=O)O.[Br-].[H+]. The van der Waals surface area contributed by atoms with Gasteiger partial charge in [-0.25, -0.2) is 0 Å². The molecule has 2 nitrogen and oxygen atoms in total. The molecule has 0 aromatic rings. The van der Waals surface area contributed by atoms with Crippen molar-refractivity contribution in [1.82, 2.24) is 0 Å². The molecule has 3 heteroatoms.